The summed E-state index contributed by atoms with van der Waals surface area (Å²) in [7, 11) is -2.99. The number of esters is 1. The fraction of sp³-hybridized carbons (Fsp3) is 0.333. The van der Waals surface area contributed by atoms with E-state index in [1.165, 1.54) is 43.6 Å². The van der Waals surface area contributed by atoms with Gasteiger partial charge in [0.15, 0.2) is 5.03 Å². The summed E-state index contributed by atoms with van der Waals surface area (Å²) in [5.74, 6) is -0.464. The van der Waals surface area contributed by atoms with Gasteiger partial charge < -0.3 is 19.2 Å². The molecule has 0 saturated heterocycles. The maximum atomic E-state index is 13.5. The fourth-order valence-electron chi connectivity index (χ4n) is 3.10. The van der Waals surface area contributed by atoms with E-state index in [0.717, 1.165) is 0 Å². The van der Waals surface area contributed by atoms with E-state index in [1.54, 1.807) is 13.0 Å². The Balaban J connectivity index is 2.20. The first-order valence-corrected chi connectivity index (χ1v) is 11.4. The van der Waals surface area contributed by atoms with Crippen molar-refractivity contribution >= 4 is 32.6 Å². The van der Waals surface area contributed by atoms with E-state index in [2.05, 4.69) is 9.97 Å². The number of sulfonamides is 1. The lowest BCUT2D eigenvalue weighted by Crippen LogP contribution is -2.36. The van der Waals surface area contributed by atoms with Crippen molar-refractivity contribution in [1.29, 1.82) is 0 Å². The predicted octanol–water partition coefficient (Wildman–Crippen LogP) is 3.23. The normalized spacial score (nSPS) is 11.7. The molecule has 0 fully saturated rings. The smallest absolute Gasteiger partial charge is 0.354 e. The molecule has 0 saturated carbocycles. The molecular formula is C21H23F2N3O6S. The van der Waals surface area contributed by atoms with Crippen molar-refractivity contribution in [2.24, 2.45) is 0 Å². The zero-order valence-electron chi connectivity index (χ0n) is 18.0. The molecule has 0 aliphatic heterocycles. The molecule has 0 bridgehead atoms. The van der Waals surface area contributed by atoms with E-state index in [1.807, 2.05) is 0 Å². The molecule has 0 unspecified atom stereocenters. The van der Waals surface area contributed by atoms with Crippen LogP contribution in [0, 0.1) is 0 Å². The molecule has 2 heterocycles. The van der Waals surface area contributed by atoms with Crippen LogP contribution in [-0.4, -0.2) is 64.3 Å². The molecule has 3 rings (SSSR count). The lowest BCUT2D eigenvalue weighted by Gasteiger charge is -2.25. The van der Waals surface area contributed by atoms with Gasteiger partial charge in [0.25, 0.3) is 16.4 Å². The lowest BCUT2D eigenvalue weighted by molar-refractivity contribution is 0.0520. The highest BCUT2D eigenvalue weighted by Gasteiger charge is 2.31. The lowest BCUT2D eigenvalue weighted by atomic mass is 10.2. The van der Waals surface area contributed by atoms with Gasteiger partial charge in [0.1, 0.15) is 18.1 Å². The van der Waals surface area contributed by atoms with Crippen LogP contribution in [0.15, 0.2) is 47.6 Å². The van der Waals surface area contributed by atoms with Crippen molar-refractivity contribution in [3.8, 4) is 5.75 Å². The van der Waals surface area contributed by atoms with Gasteiger partial charge in [0.2, 0.25) is 0 Å². The molecular weight excluding hydrogens is 460 g/mol. The number of nitrogens with one attached hydrogen (secondary N) is 1. The number of anilines is 1. The highest BCUT2D eigenvalue weighted by Crippen LogP contribution is 2.35. The molecule has 3 aromatic rings. The summed E-state index contributed by atoms with van der Waals surface area (Å²) in [6, 6.07) is 8.47. The van der Waals surface area contributed by atoms with Gasteiger partial charge in [-0.1, -0.05) is 6.07 Å². The number of nitrogens with zero attached hydrogens (tertiary/aromatic N) is 2. The van der Waals surface area contributed by atoms with Gasteiger partial charge in [-0.2, -0.15) is 8.42 Å². The molecule has 9 nitrogen and oxygen atoms in total. The van der Waals surface area contributed by atoms with E-state index in [-0.39, 0.29) is 42.5 Å². The van der Waals surface area contributed by atoms with Crippen molar-refractivity contribution < 1.29 is 36.2 Å². The number of H-pyrrole nitrogens is 1. The number of carbonyl (C=O) groups excluding carboxylic acids is 1. The summed E-state index contributed by atoms with van der Waals surface area (Å²) >= 11 is 0. The summed E-state index contributed by atoms with van der Waals surface area (Å²) in [6.07, 6.45) is -1.74. The minimum atomic E-state index is -4.48. The molecule has 12 heteroatoms. The first-order valence-electron chi connectivity index (χ1n) is 9.95. The molecule has 33 heavy (non-hydrogen) atoms. The van der Waals surface area contributed by atoms with Crippen LogP contribution in [0.5, 0.6) is 5.75 Å². The van der Waals surface area contributed by atoms with Crippen molar-refractivity contribution in [2.75, 3.05) is 37.8 Å². The van der Waals surface area contributed by atoms with Crippen LogP contribution in [0.4, 0.5) is 14.5 Å². The molecule has 0 radical (unpaired) electrons. The van der Waals surface area contributed by atoms with E-state index in [9.17, 15) is 22.0 Å². The van der Waals surface area contributed by atoms with Gasteiger partial charge in [0, 0.05) is 24.8 Å². The van der Waals surface area contributed by atoms with Crippen molar-refractivity contribution in [3.05, 3.63) is 48.3 Å². The number of alkyl halides is 2. The number of aromatic nitrogens is 2. The van der Waals surface area contributed by atoms with Crippen molar-refractivity contribution in [3.63, 3.8) is 0 Å². The van der Waals surface area contributed by atoms with Crippen molar-refractivity contribution in [1.82, 2.24) is 9.97 Å². The number of ether oxygens (including phenoxy) is 3. The zero-order chi connectivity index (χ0) is 24.0. The second kappa shape index (κ2) is 10.6. The van der Waals surface area contributed by atoms with Crippen LogP contribution in [0.3, 0.4) is 0 Å². The SMILES string of the molecule is CCOC(=O)c1cc2cc(OCCOC)cc(N(CC(F)F)S(=O)(=O)c3ccccn3)c2[nH]1. The summed E-state index contributed by atoms with van der Waals surface area (Å²) in [4.78, 5) is 18.8. The quantitative estimate of drug-likeness (QED) is 0.329. The van der Waals surface area contributed by atoms with Crippen LogP contribution in [-0.2, 0) is 19.5 Å². The van der Waals surface area contributed by atoms with Gasteiger partial charge in [-0.25, -0.2) is 18.6 Å². The number of methoxy groups -OCH3 is 1. The third-order valence-electron chi connectivity index (χ3n) is 4.50. The molecule has 0 amide bonds. The monoisotopic (exact) mass is 483 g/mol. The summed E-state index contributed by atoms with van der Waals surface area (Å²) < 4.78 is 69.8. The minimum Gasteiger partial charge on any atom is -0.491 e. The molecule has 2 aromatic heterocycles. The van der Waals surface area contributed by atoms with E-state index in [0.29, 0.717) is 9.69 Å². The Bertz CT molecular complexity index is 1200. The molecule has 1 N–H and O–H groups in total. The number of aromatic amines is 1. The highest BCUT2D eigenvalue weighted by atomic mass is 32.2. The molecule has 178 valence electrons. The predicted molar refractivity (Wildman–Crippen MR) is 116 cm³/mol. The van der Waals surface area contributed by atoms with Crippen LogP contribution in [0.25, 0.3) is 10.9 Å². The van der Waals surface area contributed by atoms with E-state index in [4.69, 9.17) is 14.2 Å². The topological polar surface area (TPSA) is 111 Å². The van der Waals surface area contributed by atoms with Gasteiger partial charge in [0.05, 0.1) is 31.0 Å². The number of carbonyl (C=O) groups is 1. The second-order valence-electron chi connectivity index (χ2n) is 6.75. The number of pyridine rings is 1. The minimum absolute atomic E-state index is 0.0365. The second-order valence-corrected chi connectivity index (χ2v) is 8.56. The Labute approximate surface area is 189 Å². The largest absolute Gasteiger partial charge is 0.491 e. The Morgan fingerprint density at radius 2 is 2.00 bits per heavy atom. The maximum Gasteiger partial charge on any atom is 0.354 e. The standard InChI is InChI=1S/C21H23F2N3O6S/c1-3-31-21(27)16-11-14-10-15(32-9-8-30-2)12-17(20(14)25-16)26(13-18(22)23)33(28,29)19-6-4-5-7-24-19/h4-7,10-12,18,25H,3,8-9,13H2,1-2H3. The maximum absolute atomic E-state index is 13.5. The third kappa shape index (κ3) is 5.57. The van der Waals surface area contributed by atoms with E-state index < -0.39 is 34.0 Å². The summed E-state index contributed by atoms with van der Waals surface area (Å²) in [5, 5.41) is -0.0277. The molecule has 1 aromatic carbocycles. The number of fused-ring (bicyclic) bond motifs is 1. The summed E-state index contributed by atoms with van der Waals surface area (Å²) in [5.41, 5.74) is 0.0630. The molecule has 0 aliphatic rings. The van der Waals surface area contributed by atoms with Gasteiger partial charge in [-0.05, 0) is 31.2 Å². The van der Waals surface area contributed by atoms with Crippen molar-refractivity contribution in [2.45, 2.75) is 18.4 Å². The van der Waals surface area contributed by atoms with Gasteiger partial charge >= 0.3 is 5.97 Å². The van der Waals surface area contributed by atoms with E-state index >= 15 is 0 Å². The van der Waals surface area contributed by atoms with Gasteiger partial charge in [-0.15, -0.1) is 0 Å². The number of rotatable bonds is 11. The zero-order valence-corrected chi connectivity index (χ0v) is 18.8. The Hall–Kier alpha value is -3.25. The average Bonchev–Trinajstić information content (AvgIpc) is 3.22. The number of hydrogen-bond acceptors (Lipinski definition) is 7. The number of benzene rings is 1. The number of halogens is 2. The highest BCUT2D eigenvalue weighted by molar-refractivity contribution is 7.92. The molecule has 0 atom stereocenters. The molecule has 0 aliphatic carbocycles. The Morgan fingerprint density at radius 3 is 2.64 bits per heavy atom. The number of hydrogen-bond donors (Lipinski definition) is 1. The third-order valence-corrected chi connectivity index (χ3v) is 6.19. The van der Waals surface area contributed by atoms with Crippen LogP contribution in [0.2, 0.25) is 0 Å². The van der Waals surface area contributed by atoms with Crippen LogP contribution >= 0.6 is 0 Å². The van der Waals surface area contributed by atoms with Gasteiger partial charge in [-0.3, -0.25) is 4.31 Å². The Morgan fingerprint density at radius 1 is 1.21 bits per heavy atom. The Kier molecular flexibility index (Phi) is 7.82. The fourth-order valence-corrected chi connectivity index (χ4v) is 4.49. The van der Waals surface area contributed by atoms with Crippen LogP contribution < -0.4 is 9.04 Å². The molecule has 0 spiro atoms. The first-order chi connectivity index (χ1) is 15.8. The average molecular weight is 483 g/mol. The van der Waals surface area contributed by atoms with Crippen LogP contribution in [0.1, 0.15) is 17.4 Å². The first kappa shape index (κ1) is 24.4. The summed E-state index contributed by atoms with van der Waals surface area (Å²) in [6.45, 7) is 1.01.